The van der Waals surface area contributed by atoms with Gasteiger partial charge in [0.25, 0.3) is 0 Å². The van der Waals surface area contributed by atoms with E-state index >= 15 is 0 Å². The van der Waals surface area contributed by atoms with Gasteiger partial charge in [0.1, 0.15) is 0 Å². The quantitative estimate of drug-likeness (QED) is 0.815. The van der Waals surface area contributed by atoms with E-state index in [0.29, 0.717) is 10.9 Å². The topological polar surface area (TPSA) is 50.3 Å². The second-order valence-corrected chi connectivity index (χ2v) is 6.69. The molecular formula is C13H15ClN2O2S. The summed E-state index contributed by atoms with van der Waals surface area (Å²) in [6.07, 6.45) is 1.66. The number of benzene rings is 1. The Bertz CT molecular complexity index is 701. The number of halogens is 1. The summed E-state index contributed by atoms with van der Waals surface area (Å²) in [7, 11) is -2.01. The van der Waals surface area contributed by atoms with E-state index in [2.05, 4.69) is 4.98 Å². The number of hydrogen-bond donors (Lipinski definition) is 0. The van der Waals surface area contributed by atoms with Crippen molar-refractivity contribution < 1.29 is 8.42 Å². The van der Waals surface area contributed by atoms with Crippen molar-refractivity contribution in [3.05, 3.63) is 36.0 Å². The highest BCUT2D eigenvalue weighted by Gasteiger charge is 2.23. The summed E-state index contributed by atoms with van der Waals surface area (Å²) in [5.41, 5.74) is 1.66. The SMILES string of the molecule is Cc1ccc(S(=O)(=O)N(C)CCCl)c2cccnc12. The van der Waals surface area contributed by atoms with E-state index in [1.807, 2.05) is 6.92 Å². The molecule has 4 nitrogen and oxygen atoms in total. The third kappa shape index (κ3) is 2.59. The number of sulfonamides is 1. The highest BCUT2D eigenvalue weighted by Crippen LogP contribution is 2.26. The van der Waals surface area contributed by atoms with Crippen LogP contribution < -0.4 is 0 Å². The summed E-state index contributed by atoms with van der Waals surface area (Å²) in [5, 5.41) is 0.643. The van der Waals surface area contributed by atoms with Crippen LogP contribution in [0.5, 0.6) is 0 Å². The van der Waals surface area contributed by atoms with Gasteiger partial charge in [-0.1, -0.05) is 6.07 Å². The monoisotopic (exact) mass is 298 g/mol. The van der Waals surface area contributed by atoms with Gasteiger partial charge in [-0.25, -0.2) is 8.42 Å². The maximum atomic E-state index is 12.5. The second kappa shape index (κ2) is 5.45. The van der Waals surface area contributed by atoms with Crippen molar-refractivity contribution in [2.45, 2.75) is 11.8 Å². The molecule has 0 aliphatic heterocycles. The average Bonchev–Trinajstić information content (AvgIpc) is 2.39. The van der Waals surface area contributed by atoms with Crippen LogP contribution >= 0.6 is 11.6 Å². The lowest BCUT2D eigenvalue weighted by atomic mass is 10.1. The van der Waals surface area contributed by atoms with Crippen molar-refractivity contribution in [3.63, 3.8) is 0 Å². The van der Waals surface area contributed by atoms with Crippen LogP contribution in [-0.4, -0.2) is 37.2 Å². The van der Waals surface area contributed by atoms with Crippen LogP contribution in [0.15, 0.2) is 35.4 Å². The fourth-order valence-corrected chi connectivity index (χ4v) is 3.62. The average molecular weight is 299 g/mol. The van der Waals surface area contributed by atoms with Crippen LogP contribution in [0.2, 0.25) is 0 Å². The molecule has 0 radical (unpaired) electrons. The van der Waals surface area contributed by atoms with Gasteiger partial charge in [0.05, 0.1) is 10.4 Å². The van der Waals surface area contributed by atoms with Gasteiger partial charge < -0.3 is 0 Å². The van der Waals surface area contributed by atoms with Gasteiger partial charge in [0, 0.05) is 31.1 Å². The van der Waals surface area contributed by atoms with Crippen LogP contribution in [0, 0.1) is 6.92 Å². The van der Waals surface area contributed by atoms with Crippen LogP contribution in [0.3, 0.4) is 0 Å². The summed E-state index contributed by atoms with van der Waals surface area (Å²) in [6.45, 7) is 2.19. The Labute approximate surface area is 118 Å². The van der Waals surface area contributed by atoms with Crippen LogP contribution in [0.25, 0.3) is 10.9 Å². The maximum absolute atomic E-state index is 12.5. The molecule has 0 amide bonds. The number of hydrogen-bond acceptors (Lipinski definition) is 3. The first-order chi connectivity index (χ1) is 8.98. The number of aromatic nitrogens is 1. The Kier molecular flexibility index (Phi) is 4.08. The van der Waals surface area contributed by atoms with Gasteiger partial charge in [-0.3, -0.25) is 4.98 Å². The Morgan fingerprint density at radius 1 is 1.32 bits per heavy atom. The molecule has 0 spiro atoms. The summed E-state index contributed by atoms with van der Waals surface area (Å²) in [6, 6.07) is 6.91. The molecule has 2 aromatic rings. The standard InChI is InChI=1S/C13H15ClN2O2S/c1-10-5-6-12(11-4-3-8-15-13(10)11)19(17,18)16(2)9-7-14/h3-6,8H,7,9H2,1-2H3. The van der Waals surface area contributed by atoms with Crippen LogP contribution in [0.4, 0.5) is 0 Å². The molecule has 6 heteroatoms. The van der Waals surface area contributed by atoms with Gasteiger partial charge in [0.15, 0.2) is 0 Å². The van der Waals surface area contributed by atoms with Gasteiger partial charge in [-0.15, -0.1) is 11.6 Å². The third-order valence-electron chi connectivity index (χ3n) is 3.02. The molecule has 1 heterocycles. The van der Waals surface area contributed by atoms with Crippen molar-refractivity contribution in [1.82, 2.24) is 9.29 Å². The van der Waals surface area contributed by atoms with Gasteiger partial charge >= 0.3 is 0 Å². The molecule has 0 atom stereocenters. The first kappa shape index (κ1) is 14.2. The number of nitrogens with zero attached hydrogens (tertiary/aromatic N) is 2. The van der Waals surface area contributed by atoms with E-state index in [9.17, 15) is 8.42 Å². The van der Waals surface area contributed by atoms with Crippen LogP contribution in [0.1, 0.15) is 5.56 Å². The lowest BCUT2D eigenvalue weighted by Crippen LogP contribution is -2.29. The lowest BCUT2D eigenvalue weighted by Gasteiger charge is -2.17. The zero-order valence-electron chi connectivity index (χ0n) is 10.8. The fourth-order valence-electron chi connectivity index (χ4n) is 1.92. The number of rotatable bonds is 4. The molecule has 102 valence electrons. The van der Waals surface area contributed by atoms with Crippen molar-refractivity contribution >= 4 is 32.5 Å². The van der Waals surface area contributed by atoms with Crippen molar-refractivity contribution in [3.8, 4) is 0 Å². The predicted molar refractivity (Wildman–Crippen MR) is 77.0 cm³/mol. The Morgan fingerprint density at radius 2 is 2.05 bits per heavy atom. The Balaban J connectivity index is 2.67. The van der Waals surface area contributed by atoms with E-state index in [1.54, 1.807) is 30.5 Å². The lowest BCUT2D eigenvalue weighted by molar-refractivity contribution is 0.488. The Morgan fingerprint density at radius 3 is 2.74 bits per heavy atom. The molecule has 0 bridgehead atoms. The van der Waals surface area contributed by atoms with E-state index in [-0.39, 0.29) is 17.3 Å². The zero-order chi connectivity index (χ0) is 14.0. The van der Waals surface area contributed by atoms with Gasteiger partial charge in [-0.2, -0.15) is 4.31 Å². The molecule has 1 aromatic heterocycles. The zero-order valence-corrected chi connectivity index (χ0v) is 12.4. The molecule has 0 aliphatic rings. The number of aryl methyl sites for hydroxylation is 1. The largest absolute Gasteiger partial charge is 0.256 e. The highest BCUT2D eigenvalue weighted by atomic mass is 35.5. The van der Waals surface area contributed by atoms with Gasteiger partial charge in [-0.05, 0) is 30.7 Å². The molecule has 0 unspecified atom stereocenters. The molecule has 0 N–H and O–H groups in total. The molecule has 1 aromatic carbocycles. The van der Waals surface area contributed by atoms with Crippen molar-refractivity contribution in [1.29, 1.82) is 0 Å². The van der Waals surface area contributed by atoms with Crippen molar-refractivity contribution in [2.75, 3.05) is 19.5 Å². The molecule has 0 saturated carbocycles. The van der Waals surface area contributed by atoms with Crippen molar-refractivity contribution in [2.24, 2.45) is 0 Å². The normalized spacial score (nSPS) is 12.2. The second-order valence-electron chi connectivity index (χ2n) is 4.30. The van der Waals surface area contributed by atoms with E-state index in [1.165, 1.54) is 11.4 Å². The smallest absolute Gasteiger partial charge is 0.243 e. The number of alkyl halides is 1. The fraction of sp³-hybridized carbons (Fsp3) is 0.308. The number of pyridine rings is 1. The minimum absolute atomic E-state index is 0.262. The Hall–Kier alpha value is -1.17. The molecule has 2 rings (SSSR count). The van der Waals surface area contributed by atoms with E-state index in [0.717, 1.165) is 5.56 Å². The summed E-state index contributed by atoms with van der Waals surface area (Å²) in [4.78, 5) is 4.52. The summed E-state index contributed by atoms with van der Waals surface area (Å²) < 4.78 is 26.2. The van der Waals surface area contributed by atoms with Crippen LogP contribution in [-0.2, 0) is 10.0 Å². The highest BCUT2D eigenvalue weighted by molar-refractivity contribution is 7.89. The molecule has 0 saturated heterocycles. The molecule has 0 aliphatic carbocycles. The minimum atomic E-state index is -3.54. The maximum Gasteiger partial charge on any atom is 0.243 e. The van der Waals surface area contributed by atoms with E-state index < -0.39 is 10.0 Å². The summed E-state index contributed by atoms with van der Waals surface area (Å²) >= 11 is 5.61. The minimum Gasteiger partial charge on any atom is -0.256 e. The molecule has 19 heavy (non-hydrogen) atoms. The van der Waals surface area contributed by atoms with Gasteiger partial charge in [0.2, 0.25) is 10.0 Å². The first-order valence-electron chi connectivity index (χ1n) is 5.85. The number of fused-ring (bicyclic) bond motifs is 1. The molecule has 0 fully saturated rings. The molecular weight excluding hydrogens is 284 g/mol. The third-order valence-corrected chi connectivity index (χ3v) is 5.10. The first-order valence-corrected chi connectivity index (χ1v) is 7.82. The summed E-state index contributed by atoms with van der Waals surface area (Å²) in [5.74, 6) is 0.262. The van der Waals surface area contributed by atoms with E-state index in [4.69, 9.17) is 11.6 Å². The predicted octanol–water partition coefficient (Wildman–Crippen LogP) is 2.40.